The van der Waals surface area contributed by atoms with Gasteiger partial charge in [0.2, 0.25) is 5.03 Å². The molecule has 0 radical (unpaired) electrons. The maximum absolute atomic E-state index is 12.2. The fraction of sp³-hybridized carbons (Fsp3) is 0.273. The molecule has 0 amide bonds. The van der Waals surface area contributed by atoms with Crippen LogP contribution in [0.25, 0.3) is 0 Å². The smallest absolute Gasteiger partial charge is 0.260 e. The summed E-state index contributed by atoms with van der Waals surface area (Å²) in [7, 11) is -2.22. The molecule has 0 spiro atoms. The van der Waals surface area contributed by atoms with Gasteiger partial charge in [0.1, 0.15) is 0 Å². The van der Waals surface area contributed by atoms with Crippen molar-refractivity contribution in [3.8, 4) is 0 Å². The van der Waals surface area contributed by atoms with Gasteiger partial charge in [0.05, 0.1) is 0 Å². The summed E-state index contributed by atoms with van der Waals surface area (Å²) in [6, 6.07) is 8.85. The number of sulfonamides is 1. The summed E-state index contributed by atoms with van der Waals surface area (Å²) >= 11 is 3.06. The number of aromatic nitrogens is 3. The van der Waals surface area contributed by atoms with Crippen LogP contribution in [0.4, 0.5) is 0 Å². The van der Waals surface area contributed by atoms with Gasteiger partial charge in [-0.15, -0.1) is 5.10 Å². The molecule has 2 rings (SSSR count). The van der Waals surface area contributed by atoms with E-state index in [4.69, 9.17) is 5.73 Å². The topological polar surface area (TPSA) is 103 Å². The zero-order chi connectivity index (χ0) is 14.8. The van der Waals surface area contributed by atoms with Crippen molar-refractivity contribution in [2.24, 2.45) is 12.8 Å². The monoisotopic (exact) mass is 359 g/mol. The van der Waals surface area contributed by atoms with Gasteiger partial charge in [-0.05, 0) is 21.5 Å². The molecule has 7 nitrogen and oxygen atoms in total. The molecule has 9 heteroatoms. The molecule has 1 atom stereocenters. The second-order valence-corrected chi connectivity index (χ2v) is 6.61. The molecule has 0 saturated heterocycles. The molecule has 1 aromatic carbocycles. The first-order valence-electron chi connectivity index (χ1n) is 5.77. The van der Waals surface area contributed by atoms with Gasteiger partial charge in [-0.3, -0.25) is 0 Å². The van der Waals surface area contributed by atoms with Gasteiger partial charge in [0, 0.05) is 19.6 Å². The number of benzene rings is 1. The van der Waals surface area contributed by atoms with Crippen molar-refractivity contribution in [1.29, 1.82) is 0 Å². The molecule has 20 heavy (non-hydrogen) atoms. The minimum atomic E-state index is -3.72. The van der Waals surface area contributed by atoms with Gasteiger partial charge >= 0.3 is 0 Å². The number of nitrogens with zero attached hydrogens (tertiary/aromatic N) is 3. The predicted molar refractivity (Wildman–Crippen MR) is 77.3 cm³/mol. The minimum absolute atomic E-state index is 0.0299. The predicted octanol–water partition coefficient (Wildman–Crippen LogP) is 0.556. The van der Waals surface area contributed by atoms with Crippen LogP contribution in [0.2, 0.25) is 0 Å². The van der Waals surface area contributed by atoms with E-state index in [0.29, 0.717) is 0 Å². The Balaban J connectivity index is 2.11. The van der Waals surface area contributed by atoms with E-state index >= 15 is 0 Å². The fourth-order valence-corrected chi connectivity index (χ4v) is 3.84. The summed E-state index contributed by atoms with van der Waals surface area (Å²) < 4.78 is 28.2. The second kappa shape index (κ2) is 6.00. The van der Waals surface area contributed by atoms with E-state index in [0.717, 1.165) is 5.56 Å². The average Bonchev–Trinajstić information content (AvgIpc) is 2.77. The zero-order valence-corrected chi connectivity index (χ0v) is 13.1. The molecule has 3 N–H and O–H groups in total. The highest BCUT2D eigenvalue weighted by Crippen LogP contribution is 2.18. The molecule has 1 unspecified atom stereocenters. The number of aryl methyl sites for hydroxylation is 1. The number of rotatable bonds is 5. The molecule has 108 valence electrons. The Hall–Kier alpha value is -1.29. The molecule has 0 aliphatic heterocycles. The number of nitrogens with one attached hydrogen (secondary N) is 1. The summed E-state index contributed by atoms with van der Waals surface area (Å²) in [5, 5.41) is 7.25. The van der Waals surface area contributed by atoms with Gasteiger partial charge in [0.15, 0.2) is 4.60 Å². The van der Waals surface area contributed by atoms with Crippen molar-refractivity contribution in [2.45, 2.75) is 11.1 Å². The van der Waals surface area contributed by atoms with E-state index in [1.165, 1.54) is 11.7 Å². The molecule has 1 heterocycles. The Kier molecular flexibility index (Phi) is 4.53. The van der Waals surface area contributed by atoms with Crippen molar-refractivity contribution in [3.05, 3.63) is 40.5 Å². The third-order valence-electron chi connectivity index (χ3n) is 2.71. The fourth-order valence-electron chi connectivity index (χ4n) is 1.69. The van der Waals surface area contributed by atoms with E-state index in [-0.39, 0.29) is 16.2 Å². The third-order valence-corrected chi connectivity index (χ3v) is 5.02. The molecule has 0 aliphatic rings. The first kappa shape index (κ1) is 15.1. The number of hydrogen-bond donors (Lipinski definition) is 2. The molecular weight excluding hydrogens is 346 g/mol. The lowest BCUT2D eigenvalue weighted by Crippen LogP contribution is -2.33. The standard InChI is InChI=1S/C11H14BrN5O2S/c1-17-11(10(12)15-16-17)20(18,19)14-7-9(13)8-5-3-2-4-6-8/h2-6,9,14H,7,13H2,1H3. The van der Waals surface area contributed by atoms with E-state index < -0.39 is 16.1 Å². The summed E-state index contributed by atoms with van der Waals surface area (Å²) in [5.41, 5.74) is 6.81. The molecule has 0 bridgehead atoms. The highest BCUT2D eigenvalue weighted by molar-refractivity contribution is 9.10. The molecular formula is C11H14BrN5O2S. The highest BCUT2D eigenvalue weighted by Gasteiger charge is 2.24. The van der Waals surface area contributed by atoms with E-state index in [9.17, 15) is 8.42 Å². The van der Waals surface area contributed by atoms with Crippen LogP contribution in [-0.2, 0) is 17.1 Å². The number of nitrogens with two attached hydrogens (primary N) is 1. The molecule has 2 aromatic rings. The third kappa shape index (κ3) is 3.23. The van der Waals surface area contributed by atoms with Gasteiger partial charge in [-0.25, -0.2) is 17.8 Å². The summed E-state index contributed by atoms with van der Waals surface area (Å²) in [6.07, 6.45) is 0. The van der Waals surface area contributed by atoms with E-state index in [2.05, 4.69) is 31.0 Å². The van der Waals surface area contributed by atoms with Crippen molar-refractivity contribution >= 4 is 26.0 Å². The van der Waals surface area contributed by atoms with E-state index in [1.54, 1.807) is 0 Å². The average molecular weight is 360 g/mol. The maximum atomic E-state index is 12.2. The van der Waals surface area contributed by atoms with Crippen LogP contribution in [-0.4, -0.2) is 30.0 Å². The number of hydrogen-bond acceptors (Lipinski definition) is 5. The Morgan fingerprint density at radius 2 is 2.05 bits per heavy atom. The van der Waals surface area contributed by atoms with Crippen molar-refractivity contribution < 1.29 is 8.42 Å². The van der Waals surface area contributed by atoms with Crippen molar-refractivity contribution in [1.82, 2.24) is 19.7 Å². The number of halogens is 1. The van der Waals surface area contributed by atoms with Crippen LogP contribution < -0.4 is 10.5 Å². The van der Waals surface area contributed by atoms with Gasteiger partial charge in [0.25, 0.3) is 10.0 Å². The van der Waals surface area contributed by atoms with Crippen LogP contribution in [0, 0.1) is 0 Å². The lowest BCUT2D eigenvalue weighted by molar-refractivity contribution is 0.553. The normalized spacial score (nSPS) is 13.3. The Bertz CT molecular complexity index is 667. The van der Waals surface area contributed by atoms with Crippen LogP contribution in [0.5, 0.6) is 0 Å². The second-order valence-electron chi connectivity index (χ2n) is 4.18. The first-order chi connectivity index (χ1) is 9.42. The SMILES string of the molecule is Cn1nnc(Br)c1S(=O)(=O)NCC(N)c1ccccc1. The largest absolute Gasteiger partial charge is 0.323 e. The van der Waals surface area contributed by atoms with E-state index in [1.807, 2.05) is 30.3 Å². The summed E-state index contributed by atoms with van der Waals surface area (Å²) in [6.45, 7) is 0.0873. The maximum Gasteiger partial charge on any atom is 0.260 e. The van der Waals surface area contributed by atoms with Gasteiger partial charge in [-0.2, -0.15) is 0 Å². The minimum Gasteiger partial charge on any atom is -0.323 e. The summed E-state index contributed by atoms with van der Waals surface area (Å²) in [5.74, 6) is 0. The Morgan fingerprint density at radius 3 is 2.60 bits per heavy atom. The molecule has 0 aliphatic carbocycles. The van der Waals surface area contributed by atoms with Crippen LogP contribution in [0.3, 0.4) is 0 Å². The molecule has 0 fully saturated rings. The molecule has 1 aromatic heterocycles. The van der Waals surface area contributed by atoms with Crippen molar-refractivity contribution in [3.63, 3.8) is 0 Å². The van der Waals surface area contributed by atoms with Crippen LogP contribution in [0.1, 0.15) is 11.6 Å². The van der Waals surface area contributed by atoms with Crippen LogP contribution >= 0.6 is 15.9 Å². The lowest BCUT2D eigenvalue weighted by atomic mass is 10.1. The van der Waals surface area contributed by atoms with Gasteiger partial charge < -0.3 is 5.73 Å². The quantitative estimate of drug-likeness (QED) is 0.811. The van der Waals surface area contributed by atoms with Crippen molar-refractivity contribution in [2.75, 3.05) is 6.54 Å². The Morgan fingerprint density at radius 1 is 1.40 bits per heavy atom. The summed E-state index contributed by atoms with van der Waals surface area (Å²) in [4.78, 5) is 0. The highest BCUT2D eigenvalue weighted by atomic mass is 79.9. The van der Waals surface area contributed by atoms with Gasteiger partial charge in [-0.1, -0.05) is 35.5 Å². The van der Waals surface area contributed by atoms with Crippen LogP contribution in [0.15, 0.2) is 40.0 Å². The first-order valence-corrected chi connectivity index (χ1v) is 8.05. The Labute approximate surface area is 125 Å². The molecule has 0 saturated carbocycles. The lowest BCUT2D eigenvalue weighted by Gasteiger charge is -2.13. The zero-order valence-electron chi connectivity index (χ0n) is 10.7.